The number of nitrogens with one attached hydrogen (secondary N) is 1. The van der Waals surface area contributed by atoms with Crippen molar-refractivity contribution in [3.05, 3.63) is 70.8 Å². The predicted molar refractivity (Wildman–Crippen MR) is 227 cm³/mol. The number of carbonyl (C=O) groups excluding carboxylic acids is 1. The molecule has 3 aliphatic heterocycles. The van der Waals surface area contributed by atoms with Gasteiger partial charge in [0, 0.05) is 82.6 Å². The highest BCUT2D eigenvalue weighted by Gasteiger charge is 2.49. The number of benzene rings is 2. The first-order valence-corrected chi connectivity index (χ1v) is 24.3. The third kappa shape index (κ3) is 10.0. The number of nitrogens with zero attached hydrogens (tertiary/aromatic N) is 4. The Morgan fingerprint density at radius 1 is 1.04 bits per heavy atom. The molecule has 316 valence electrons. The smallest absolute Gasteiger partial charge is 0.264 e. The van der Waals surface area contributed by atoms with Crippen LogP contribution in [0, 0.1) is 17.8 Å². The molecule has 2 aromatic carbocycles. The van der Waals surface area contributed by atoms with E-state index in [1.54, 1.807) is 36.5 Å². The molecular formula is C42H62ClN5O7S2. The first-order valence-electron chi connectivity index (χ1n) is 20.5. The molecule has 6 rings (SSSR count). The number of sulfonamides is 2. The summed E-state index contributed by atoms with van der Waals surface area (Å²) in [5.41, 5.74) is 2.60. The van der Waals surface area contributed by atoms with Gasteiger partial charge in [0.15, 0.2) is 0 Å². The number of piperazine rings is 2. The van der Waals surface area contributed by atoms with E-state index in [0.29, 0.717) is 56.5 Å². The van der Waals surface area contributed by atoms with Gasteiger partial charge in [0.2, 0.25) is 20.0 Å². The van der Waals surface area contributed by atoms with Gasteiger partial charge in [0.05, 0.1) is 17.2 Å². The molecule has 3 heterocycles. The summed E-state index contributed by atoms with van der Waals surface area (Å²) in [5, 5.41) is -0.0364. The molecule has 0 radical (unpaired) electrons. The van der Waals surface area contributed by atoms with E-state index in [4.69, 9.17) is 21.1 Å². The maximum Gasteiger partial charge on any atom is 0.264 e. The Kier molecular flexibility index (Phi) is 14.1. The molecule has 1 amide bonds. The Balaban J connectivity index is 1.25. The average molecular weight is 849 g/mol. The van der Waals surface area contributed by atoms with E-state index in [9.17, 15) is 21.6 Å². The first-order chi connectivity index (χ1) is 27.1. The Bertz CT molecular complexity index is 1980. The van der Waals surface area contributed by atoms with Crippen molar-refractivity contribution in [2.24, 2.45) is 17.8 Å². The lowest BCUT2D eigenvalue weighted by atomic mass is 9.64. The second-order valence-corrected chi connectivity index (χ2v) is 21.2. The summed E-state index contributed by atoms with van der Waals surface area (Å²) < 4.78 is 68.2. The molecule has 1 aliphatic carbocycles. The fourth-order valence-electron chi connectivity index (χ4n) is 9.13. The van der Waals surface area contributed by atoms with Gasteiger partial charge in [0.25, 0.3) is 5.91 Å². The third-order valence-corrected chi connectivity index (χ3v) is 16.7. The van der Waals surface area contributed by atoms with E-state index in [-0.39, 0.29) is 29.4 Å². The van der Waals surface area contributed by atoms with Crippen molar-refractivity contribution < 1.29 is 31.1 Å². The third-order valence-electron chi connectivity index (χ3n) is 13.3. The number of fused-ring (bicyclic) bond motifs is 3. The zero-order chi connectivity index (χ0) is 41.1. The van der Waals surface area contributed by atoms with E-state index < -0.39 is 36.8 Å². The highest BCUT2D eigenvalue weighted by molar-refractivity contribution is 7.90. The molecule has 1 saturated carbocycles. The number of hydrogen-bond acceptors (Lipinski definition) is 10. The molecule has 1 N–H and O–H groups in total. The fourth-order valence-corrected chi connectivity index (χ4v) is 11.5. The van der Waals surface area contributed by atoms with Crippen LogP contribution in [-0.2, 0) is 37.8 Å². The van der Waals surface area contributed by atoms with Crippen LogP contribution >= 0.6 is 11.6 Å². The Hall–Kier alpha value is -2.72. The number of aryl methyl sites for hydroxylation is 1. The number of methoxy groups -OCH3 is 1. The number of halogens is 1. The molecule has 12 nitrogen and oxygen atoms in total. The van der Waals surface area contributed by atoms with Crippen molar-refractivity contribution in [1.82, 2.24) is 18.8 Å². The van der Waals surface area contributed by atoms with Crippen LogP contribution in [0.25, 0.3) is 0 Å². The quantitative estimate of drug-likeness (QED) is 0.262. The van der Waals surface area contributed by atoms with Gasteiger partial charge in [-0.25, -0.2) is 21.6 Å². The molecule has 4 aliphatic rings. The summed E-state index contributed by atoms with van der Waals surface area (Å²) in [6, 6.07) is 11.2. The first kappa shape index (κ1) is 43.8. The summed E-state index contributed by atoms with van der Waals surface area (Å²) in [4.78, 5) is 20.8. The van der Waals surface area contributed by atoms with Gasteiger partial charge in [0.1, 0.15) is 18.0 Å². The van der Waals surface area contributed by atoms with Crippen LogP contribution < -0.4 is 14.4 Å². The zero-order valence-electron chi connectivity index (χ0n) is 34.3. The Morgan fingerprint density at radius 2 is 1.81 bits per heavy atom. The summed E-state index contributed by atoms with van der Waals surface area (Å²) in [7, 11) is -5.40. The predicted octanol–water partition coefficient (Wildman–Crippen LogP) is 5.41. The van der Waals surface area contributed by atoms with Crippen LogP contribution in [0.3, 0.4) is 0 Å². The van der Waals surface area contributed by atoms with Gasteiger partial charge < -0.3 is 14.4 Å². The average Bonchev–Trinajstić information content (AvgIpc) is 3.20. The van der Waals surface area contributed by atoms with Gasteiger partial charge >= 0.3 is 0 Å². The highest BCUT2D eigenvalue weighted by Crippen LogP contribution is 2.46. The van der Waals surface area contributed by atoms with Crippen LogP contribution in [0.1, 0.15) is 74.4 Å². The standard InChI is InChI=1S/C42H62ClN5O7S2/c1-7-30(3)31(4)57(52,53)44-41(49)33-14-17-40-39(24-33)47(18-10-9-11-32-23-36(43)15-12-35(32)28-55-40)25-34-13-16-38(34)42(8-2,54-5)29-45-19-20-46-21-22-48(56(6,50)51)27-37(46)26-45/h8,12,14-15,17,23-24,30-31,34,37-38H,2,7,9-11,13,16,18-22,25-29H2,1,3-6H3,(H,44,49)/t30-,31+,34-,37+,38+,42?/m0/s1. The van der Waals surface area contributed by atoms with Crippen LogP contribution in [0.4, 0.5) is 5.69 Å². The highest BCUT2D eigenvalue weighted by atomic mass is 35.5. The van der Waals surface area contributed by atoms with Crippen LogP contribution in [0.15, 0.2) is 49.1 Å². The van der Waals surface area contributed by atoms with Crippen LogP contribution in [0.2, 0.25) is 5.02 Å². The minimum Gasteiger partial charge on any atom is -0.487 e. The van der Waals surface area contributed by atoms with E-state index in [2.05, 4.69) is 26.0 Å². The lowest BCUT2D eigenvalue weighted by Gasteiger charge is -2.53. The van der Waals surface area contributed by atoms with Crippen molar-refractivity contribution in [3.63, 3.8) is 0 Å². The minimum atomic E-state index is -3.91. The molecule has 2 saturated heterocycles. The second-order valence-electron chi connectivity index (χ2n) is 16.7. The zero-order valence-corrected chi connectivity index (χ0v) is 36.7. The number of carbonyl (C=O) groups is 1. The van der Waals surface area contributed by atoms with Gasteiger partial charge in [-0.1, -0.05) is 44.0 Å². The van der Waals surface area contributed by atoms with Crippen molar-refractivity contribution >= 4 is 43.2 Å². The topological polar surface area (TPSA) is 129 Å². The minimum absolute atomic E-state index is 0.114. The largest absolute Gasteiger partial charge is 0.487 e. The van der Waals surface area contributed by atoms with Gasteiger partial charge in [-0.3, -0.25) is 14.6 Å². The number of rotatable bonds is 13. The molecule has 6 atom stereocenters. The summed E-state index contributed by atoms with van der Waals surface area (Å²) in [6.07, 6.45) is 8.56. The van der Waals surface area contributed by atoms with Crippen molar-refractivity contribution in [3.8, 4) is 5.75 Å². The van der Waals surface area contributed by atoms with E-state index >= 15 is 0 Å². The lowest BCUT2D eigenvalue weighted by molar-refractivity contribution is -0.100. The second kappa shape index (κ2) is 18.3. The van der Waals surface area contributed by atoms with Crippen molar-refractivity contribution in [2.45, 2.75) is 82.8 Å². The molecule has 3 fully saturated rings. The van der Waals surface area contributed by atoms with Crippen LogP contribution in [-0.4, -0.2) is 126 Å². The number of anilines is 1. The maximum absolute atomic E-state index is 13.7. The van der Waals surface area contributed by atoms with Gasteiger partial charge in [-0.2, -0.15) is 4.31 Å². The molecule has 57 heavy (non-hydrogen) atoms. The van der Waals surface area contributed by atoms with E-state index in [1.807, 2.05) is 38.1 Å². The number of hydrogen-bond donors (Lipinski definition) is 1. The molecule has 0 bridgehead atoms. The SMILES string of the molecule is C=CC(CN1CCN2CCN(S(C)(=O)=O)C[C@H]2C1)(OC)[C@@H]1CC[C@H]1CN1CCCCc2cc(Cl)ccc2COc2ccc(C(=O)NS(=O)(=O)[C@H](C)[C@@H](C)CC)cc21. The van der Waals surface area contributed by atoms with Crippen LogP contribution in [0.5, 0.6) is 5.75 Å². The molecule has 1 unspecified atom stereocenters. The Labute approximate surface area is 346 Å². The molecule has 2 aromatic rings. The fraction of sp³-hybridized carbons (Fsp3) is 0.643. The van der Waals surface area contributed by atoms with Gasteiger partial charge in [-0.05, 0) is 98.2 Å². The van der Waals surface area contributed by atoms with E-state index in [0.717, 1.165) is 75.1 Å². The molecular weight excluding hydrogens is 786 g/mol. The lowest BCUT2D eigenvalue weighted by Crippen LogP contribution is -2.65. The molecule has 15 heteroatoms. The summed E-state index contributed by atoms with van der Waals surface area (Å²) >= 11 is 6.41. The number of ether oxygens (including phenoxy) is 2. The number of amides is 1. The Morgan fingerprint density at radius 3 is 2.49 bits per heavy atom. The summed E-state index contributed by atoms with van der Waals surface area (Å²) in [6.45, 7) is 16.4. The molecule has 0 aromatic heterocycles. The normalized spacial score (nSPS) is 24.9. The van der Waals surface area contributed by atoms with Crippen molar-refractivity contribution in [2.75, 3.05) is 77.2 Å². The van der Waals surface area contributed by atoms with Gasteiger partial charge in [-0.15, -0.1) is 6.58 Å². The maximum atomic E-state index is 13.7. The molecule has 0 spiro atoms. The van der Waals surface area contributed by atoms with E-state index in [1.165, 1.54) is 6.26 Å². The van der Waals surface area contributed by atoms with Crippen molar-refractivity contribution in [1.29, 1.82) is 0 Å². The summed E-state index contributed by atoms with van der Waals surface area (Å²) in [5.74, 6) is 0.256. The monoisotopic (exact) mass is 847 g/mol.